The van der Waals surface area contributed by atoms with Crippen molar-refractivity contribution in [1.29, 1.82) is 0 Å². The minimum atomic E-state index is -1.31. The second-order valence-electron chi connectivity index (χ2n) is 4.61. The van der Waals surface area contributed by atoms with Crippen molar-refractivity contribution in [2.45, 2.75) is 43.1 Å². The third-order valence-corrected chi connectivity index (χ3v) is 3.50. The molecule has 0 saturated carbocycles. The van der Waals surface area contributed by atoms with E-state index in [0.29, 0.717) is 0 Å². The average Bonchev–Trinajstić information content (AvgIpc) is 2.82. The lowest BCUT2D eigenvalue weighted by atomic mass is 10.1. The summed E-state index contributed by atoms with van der Waals surface area (Å²) in [4.78, 5) is 12.4. The highest BCUT2D eigenvalue weighted by molar-refractivity contribution is 5.74. The van der Waals surface area contributed by atoms with Gasteiger partial charge in [-0.1, -0.05) is 0 Å². The maximum absolute atomic E-state index is 11.1. The normalized spacial score (nSPS) is 45.6. The first-order valence-electron chi connectivity index (χ1n) is 5.76. The smallest absolute Gasteiger partial charge is 0.323 e. The second kappa shape index (κ2) is 5.08. The van der Waals surface area contributed by atoms with Gasteiger partial charge in [0, 0.05) is 6.54 Å². The molecule has 2 fully saturated rings. The second-order valence-corrected chi connectivity index (χ2v) is 4.61. The fourth-order valence-electron chi connectivity index (χ4n) is 2.55. The number of ether oxygens (including phenoxy) is 1. The Balaban J connectivity index is 2.14. The largest absolute Gasteiger partial charge is 0.480 e. The van der Waals surface area contributed by atoms with Gasteiger partial charge in [-0.05, 0) is 6.42 Å². The van der Waals surface area contributed by atoms with Crippen molar-refractivity contribution >= 4 is 5.97 Å². The number of carboxylic acids is 1. The molecule has 0 aromatic carbocycles. The molecule has 0 aromatic rings. The van der Waals surface area contributed by atoms with Crippen LogP contribution in [0.15, 0.2) is 0 Å². The summed E-state index contributed by atoms with van der Waals surface area (Å²) in [5, 5.41) is 47.0. The Kier molecular flexibility index (Phi) is 3.85. The fourth-order valence-corrected chi connectivity index (χ4v) is 2.55. The molecule has 2 saturated heterocycles. The molecular weight excluding hydrogens is 246 g/mol. The quantitative estimate of drug-likeness (QED) is 0.363. The molecule has 0 bridgehead atoms. The van der Waals surface area contributed by atoms with Gasteiger partial charge < -0.3 is 30.3 Å². The number of aliphatic hydroxyl groups is 4. The van der Waals surface area contributed by atoms with Crippen LogP contribution in [0.25, 0.3) is 0 Å². The average molecular weight is 263 g/mol. The molecule has 2 aliphatic heterocycles. The molecule has 2 unspecified atom stereocenters. The molecule has 8 heteroatoms. The molecule has 5 N–H and O–H groups in total. The Labute approximate surface area is 103 Å². The number of aliphatic carboxylic acids is 1. The Morgan fingerprint density at radius 2 is 1.94 bits per heavy atom. The molecule has 8 nitrogen and oxygen atoms in total. The molecular formula is C10H17NO7. The zero-order valence-corrected chi connectivity index (χ0v) is 9.59. The Morgan fingerprint density at radius 1 is 1.28 bits per heavy atom. The van der Waals surface area contributed by atoms with E-state index in [1.54, 1.807) is 0 Å². The molecule has 2 aliphatic rings. The molecule has 18 heavy (non-hydrogen) atoms. The van der Waals surface area contributed by atoms with Gasteiger partial charge in [-0.15, -0.1) is 0 Å². The number of carbonyl (C=O) groups is 1. The van der Waals surface area contributed by atoms with E-state index >= 15 is 0 Å². The molecule has 2 rings (SSSR count). The molecule has 6 atom stereocenters. The predicted octanol–water partition coefficient (Wildman–Crippen LogP) is -3.05. The Bertz CT molecular complexity index is 325. The third-order valence-electron chi connectivity index (χ3n) is 3.50. The molecule has 0 aliphatic carbocycles. The minimum Gasteiger partial charge on any atom is -0.480 e. The van der Waals surface area contributed by atoms with Gasteiger partial charge in [-0.3, -0.25) is 9.69 Å². The molecule has 0 spiro atoms. The SMILES string of the molecule is O=C(O)[C@@H]1C(O)CCN1C1O[C@H](CO)[C@@H](O)[C@@H]1O. The van der Waals surface area contributed by atoms with E-state index in [0.717, 1.165) is 0 Å². The zero-order valence-electron chi connectivity index (χ0n) is 9.59. The fraction of sp³-hybridized carbons (Fsp3) is 0.900. The molecule has 0 radical (unpaired) electrons. The summed E-state index contributed by atoms with van der Waals surface area (Å²) in [5.41, 5.74) is 0. The van der Waals surface area contributed by atoms with Crippen LogP contribution in [0.3, 0.4) is 0 Å². The number of hydrogen-bond acceptors (Lipinski definition) is 7. The van der Waals surface area contributed by atoms with Crippen molar-refractivity contribution in [1.82, 2.24) is 4.90 Å². The summed E-state index contributed by atoms with van der Waals surface area (Å²) in [6.07, 6.45) is -5.35. The van der Waals surface area contributed by atoms with Crippen LogP contribution in [0.2, 0.25) is 0 Å². The first-order chi connectivity index (χ1) is 8.47. The predicted molar refractivity (Wildman–Crippen MR) is 56.5 cm³/mol. The number of aliphatic hydroxyl groups excluding tert-OH is 4. The van der Waals surface area contributed by atoms with Crippen LogP contribution >= 0.6 is 0 Å². The summed E-state index contributed by atoms with van der Waals surface area (Å²) in [7, 11) is 0. The molecule has 2 heterocycles. The number of hydrogen-bond donors (Lipinski definition) is 5. The van der Waals surface area contributed by atoms with E-state index in [4.69, 9.17) is 14.9 Å². The van der Waals surface area contributed by atoms with E-state index in [1.165, 1.54) is 4.90 Å². The summed E-state index contributed by atoms with van der Waals surface area (Å²) in [6, 6.07) is -1.17. The number of nitrogens with zero attached hydrogens (tertiary/aromatic N) is 1. The van der Waals surface area contributed by atoms with Gasteiger partial charge in [0.25, 0.3) is 0 Å². The Morgan fingerprint density at radius 3 is 2.44 bits per heavy atom. The molecule has 0 amide bonds. The van der Waals surface area contributed by atoms with E-state index in [2.05, 4.69) is 0 Å². The van der Waals surface area contributed by atoms with Gasteiger partial charge in [0.15, 0.2) is 0 Å². The standard InChI is InChI=1S/C10H17NO7/c12-3-5-7(14)8(15)9(18-5)11-2-1-4(13)6(11)10(16)17/h4-9,12-15H,1-3H2,(H,16,17)/t4?,5-,6+,7-,8+,9?/m1/s1. The van der Waals surface area contributed by atoms with E-state index in [1.807, 2.05) is 0 Å². The number of rotatable bonds is 3. The van der Waals surface area contributed by atoms with Gasteiger partial charge in [0.1, 0.15) is 30.6 Å². The highest BCUT2D eigenvalue weighted by atomic mass is 16.6. The lowest BCUT2D eigenvalue weighted by Gasteiger charge is -2.30. The lowest BCUT2D eigenvalue weighted by Crippen LogP contribution is -2.51. The van der Waals surface area contributed by atoms with Gasteiger partial charge in [-0.2, -0.15) is 0 Å². The summed E-state index contributed by atoms with van der Waals surface area (Å²) < 4.78 is 5.25. The lowest BCUT2D eigenvalue weighted by molar-refractivity contribution is -0.156. The van der Waals surface area contributed by atoms with Crippen LogP contribution in [0.5, 0.6) is 0 Å². The van der Waals surface area contributed by atoms with Gasteiger partial charge in [-0.25, -0.2) is 0 Å². The first kappa shape index (κ1) is 13.7. The van der Waals surface area contributed by atoms with Gasteiger partial charge in [0.05, 0.1) is 12.7 Å². The van der Waals surface area contributed by atoms with Crippen LogP contribution in [-0.2, 0) is 9.53 Å². The first-order valence-corrected chi connectivity index (χ1v) is 5.76. The monoisotopic (exact) mass is 263 g/mol. The molecule has 0 aromatic heterocycles. The van der Waals surface area contributed by atoms with Crippen molar-refractivity contribution in [3.05, 3.63) is 0 Å². The van der Waals surface area contributed by atoms with Gasteiger partial charge >= 0.3 is 5.97 Å². The van der Waals surface area contributed by atoms with Crippen molar-refractivity contribution in [2.75, 3.05) is 13.2 Å². The number of likely N-dealkylation sites (tertiary alicyclic amines) is 1. The molecule has 104 valence electrons. The topological polar surface area (TPSA) is 131 Å². The van der Waals surface area contributed by atoms with Crippen molar-refractivity contribution in [3.63, 3.8) is 0 Å². The van der Waals surface area contributed by atoms with Crippen LogP contribution < -0.4 is 0 Å². The Hall–Kier alpha value is -0.770. The summed E-state index contributed by atoms with van der Waals surface area (Å²) >= 11 is 0. The van der Waals surface area contributed by atoms with E-state index < -0.39 is 49.3 Å². The third kappa shape index (κ3) is 2.11. The maximum atomic E-state index is 11.1. The van der Waals surface area contributed by atoms with Crippen molar-refractivity contribution < 1.29 is 35.1 Å². The maximum Gasteiger partial charge on any atom is 0.323 e. The highest BCUT2D eigenvalue weighted by Gasteiger charge is 2.51. The van der Waals surface area contributed by atoms with E-state index in [-0.39, 0.29) is 13.0 Å². The van der Waals surface area contributed by atoms with Crippen LogP contribution in [0, 0.1) is 0 Å². The van der Waals surface area contributed by atoms with Crippen LogP contribution in [-0.4, -0.2) is 86.2 Å². The van der Waals surface area contributed by atoms with Crippen molar-refractivity contribution in [3.8, 4) is 0 Å². The van der Waals surface area contributed by atoms with Crippen LogP contribution in [0.4, 0.5) is 0 Å². The zero-order chi connectivity index (χ0) is 13.4. The van der Waals surface area contributed by atoms with Crippen molar-refractivity contribution in [2.24, 2.45) is 0 Å². The minimum absolute atomic E-state index is 0.241. The highest BCUT2D eigenvalue weighted by Crippen LogP contribution is 2.30. The van der Waals surface area contributed by atoms with E-state index in [9.17, 15) is 20.1 Å². The van der Waals surface area contributed by atoms with Crippen LogP contribution in [0.1, 0.15) is 6.42 Å². The number of carboxylic acid groups (broad SMARTS) is 1. The van der Waals surface area contributed by atoms with Gasteiger partial charge in [0.2, 0.25) is 0 Å². The summed E-state index contributed by atoms with van der Waals surface area (Å²) in [6.45, 7) is -0.229. The summed E-state index contributed by atoms with van der Waals surface area (Å²) in [5.74, 6) is -1.21.